The van der Waals surface area contributed by atoms with Crippen LogP contribution in [-0.2, 0) is 0 Å². The molecule has 0 N–H and O–H groups in total. The predicted molar refractivity (Wildman–Crippen MR) is 86.1 cm³/mol. The molecule has 1 aromatic rings. The molecule has 18 heavy (non-hydrogen) atoms. The van der Waals surface area contributed by atoms with E-state index in [-0.39, 0.29) is 0 Å². The predicted octanol–water partition coefficient (Wildman–Crippen LogP) is 5.54. The standard InChI is InChI=1S/C16H20BrN/c1-12(2)15-10-5-6-11-16(15)18-14(4)9-7-8-13(3)17/h5-7,9-11,13H,1,8H2,2-4H3/b9-7+,18-14?. The molecule has 0 spiro atoms. The summed E-state index contributed by atoms with van der Waals surface area (Å²) in [5.41, 5.74) is 4.15. The Bertz CT molecular complexity index is 470. The Balaban J connectivity index is 2.88. The van der Waals surface area contributed by atoms with Gasteiger partial charge in [-0.25, -0.2) is 0 Å². The first-order valence-electron chi connectivity index (χ1n) is 6.11. The van der Waals surface area contributed by atoms with E-state index in [1.165, 1.54) is 0 Å². The highest BCUT2D eigenvalue weighted by atomic mass is 79.9. The van der Waals surface area contributed by atoms with Crippen LogP contribution in [0.4, 0.5) is 5.69 Å². The summed E-state index contributed by atoms with van der Waals surface area (Å²) in [6, 6.07) is 8.09. The first kappa shape index (κ1) is 14.9. The maximum Gasteiger partial charge on any atom is 0.0707 e. The van der Waals surface area contributed by atoms with Gasteiger partial charge < -0.3 is 0 Å². The van der Waals surface area contributed by atoms with Gasteiger partial charge in [-0.1, -0.05) is 53.7 Å². The highest BCUT2D eigenvalue weighted by molar-refractivity contribution is 9.09. The first-order valence-corrected chi connectivity index (χ1v) is 7.03. The lowest BCUT2D eigenvalue weighted by Crippen LogP contribution is -1.89. The lowest BCUT2D eigenvalue weighted by atomic mass is 10.1. The summed E-state index contributed by atoms with van der Waals surface area (Å²) in [5.74, 6) is 0. The number of nitrogens with zero attached hydrogens (tertiary/aromatic N) is 1. The van der Waals surface area contributed by atoms with Crippen LogP contribution in [-0.4, -0.2) is 10.5 Å². The molecule has 0 fully saturated rings. The van der Waals surface area contributed by atoms with Gasteiger partial charge in [0.25, 0.3) is 0 Å². The topological polar surface area (TPSA) is 12.4 Å². The number of aliphatic imine (C=N–C) groups is 1. The zero-order valence-corrected chi connectivity index (χ0v) is 12.9. The van der Waals surface area contributed by atoms with Gasteiger partial charge in [0.15, 0.2) is 0 Å². The van der Waals surface area contributed by atoms with Gasteiger partial charge in [0, 0.05) is 16.1 Å². The van der Waals surface area contributed by atoms with Crippen molar-refractivity contribution < 1.29 is 0 Å². The molecule has 0 saturated carbocycles. The minimum atomic E-state index is 0.504. The number of para-hydroxylation sites is 1. The Kier molecular flexibility index (Phi) is 6.06. The molecular formula is C16H20BrN. The number of hydrogen-bond donors (Lipinski definition) is 0. The fraction of sp³-hybridized carbons (Fsp3) is 0.312. The van der Waals surface area contributed by atoms with Crippen LogP contribution in [0.1, 0.15) is 32.8 Å². The fourth-order valence-electron chi connectivity index (χ4n) is 1.59. The van der Waals surface area contributed by atoms with E-state index < -0.39 is 0 Å². The van der Waals surface area contributed by atoms with Gasteiger partial charge in [-0.3, -0.25) is 4.99 Å². The number of halogens is 1. The van der Waals surface area contributed by atoms with Crippen LogP contribution in [0.5, 0.6) is 0 Å². The third-order valence-electron chi connectivity index (χ3n) is 2.48. The van der Waals surface area contributed by atoms with Crippen molar-refractivity contribution in [1.29, 1.82) is 0 Å². The average Bonchev–Trinajstić information content (AvgIpc) is 2.28. The molecule has 0 heterocycles. The summed E-state index contributed by atoms with van der Waals surface area (Å²) in [4.78, 5) is 5.13. The van der Waals surface area contributed by atoms with E-state index in [9.17, 15) is 0 Å². The SMILES string of the molecule is C=C(C)c1ccccc1N=C(C)/C=C/CC(C)Br. The van der Waals surface area contributed by atoms with Crippen molar-refractivity contribution in [3.8, 4) is 0 Å². The number of rotatable bonds is 5. The summed E-state index contributed by atoms with van der Waals surface area (Å²) in [6.07, 6.45) is 5.21. The quantitative estimate of drug-likeness (QED) is 0.500. The van der Waals surface area contributed by atoms with Crippen LogP contribution in [0.25, 0.3) is 5.57 Å². The molecule has 0 aliphatic rings. The molecule has 1 nitrogen and oxygen atoms in total. The first-order chi connectivity index (χ1) is 8.50. The van der Waals surface area contributed by atoms with Gasteiger partial charge in [-0.15, -0.1) is 0 Å². The molecule has 0 aliphatic heterocycles. The molecule has 96 valence electrons. The lowest BCUT2D eigenvalue weighted by Gasteiger charge is -2.05. The highest BCUT2D eigenvalue weighted by Gasteiger charge is 2.00. The molecule has 1 rings (SSSR count). The second-order valence-electron chi connectivity index (χ2n) is 4.47. The zero-order chi connectivity index (χ0) is 13.5. The van der Waals surface area contributed by atoms with Crippen LogP contribution in [0.3, 0.4) is 0 Å². The minimum absolute atomic E-state index is 0.504. The minimum Gasteiger partial charge on any atom is -0.253 e. The van der Waals surface area contributed by atoms with Gasteiger partial charge in [-0.05, 0) is 38.0 Å². The smallest absolute Gasteiger partial charge is 0.0707 e. The summed E-state index contributed by atoms with van der Waals surface area (Å²) in [5, 5.41) is 0. The molecule has 1 atom stereocenters. The fourth-order valence-corrected chi connectivity index (χ4v) is 1.80. The Morgan fingerprint density at radius 1 is 1.39 bits per heavy atom. The zero-order valence-electron chi connectivity index (χ0n) is 11.3. The van der Waals surface area contributed by atoms with Gasteiger partial charge in [0.1, 0.15) is 0 Å². The van der Waals surface area contributed by atoms with E-state index in [1.807, 2.05) is 32.0 Å². The Hall–Kier alpha value is -1.15. The summed E-state index contributed by atoms with van der Waals surface area (Å²) >= 11 is 3.52. The monoisotopic (exact) mass is 305 g/mol. The molecule has 0 amide bonds. The third kappa shape index (κ3) is 5.01. The van der Waals surface area contributed by atoms with E-state index in [1.54, 1.807) is 0 Å². The molecule has 0 saturated heterocycles. The van der Waals surface area contributed by atoms with Crippen LogP contribution in [0.2, 0.25) is 0 Å². The molecule has 0 bridgehead atoms. The van der Waals surface area contributed by atoms with Gasteiger partial charge in [0.2, 0.25) is 0 Å². The van der Waals surface area contributed by atoms with E-state index in [2.05, 4.69) is 52.6 Å². The molecule has 0 aliphatic carbocycles. The van der Waals surface area contributed by atoms with E-state index in [0.29, 0.717) is 4.83 Å². The maximum absolute atomic E-state index is 4.63. The van der Waals surface area contributed by atoms with Gasteiger partial charge in [0.05, 0.1) is 5.69 Å². The molecule has 0 radical (unpaired) electrons. The summed E-state index contributed by atoms with van der Waals surface area (Å²) in [7, 11) is 0. The molecular weight excluding hydrogens is 286 g/mol. The average molecular weight is 306 g/mol. The Morgan fingerprint density at radius 2 is 2.06 bits per heavy atom. The van der Waals surface area contributed by atoms with E-state index >= 15 is 0 Å². The maximum atomic E-state index is 4.63. The lowest BCUT2D eigenvalue weighted by molar-refractivity contribution is 1.00. The van der Waals surface area contributed by atoms with Crippen molar-refractivity contribution in [1.82, 2.24) is 0 Å². The Morgan fingerprint density at radius 3 is 2.67 bits per heavy atom. The number of alkyl halides is 1. The van der Waals surface area contributed by atoms with Gasteiger partial charge in [-0.2, -0.15) is 0 Å². The van der Waals surface area contributed by atoms with Crippen molar-refractivity contribution in [3.63, 3.8) is 0 Å². The summed E-state index contributed by atoms with van der Waals surface area (Å²) < 4.78 is 0. The Labute approximate surface area is 118 Å². The third-order valence-corrected chi connectivity index (χ3v) is 2.85. The second kappa shape index (κ2) is 7.32. The van der Waals surface area contributed by atoms with Crippen molar-refractivity contribution >= 4 is 32.9 Å². The summed E-state index contributed by atoms with van der Waals surface area (Å²) in [6.45, 7) is 10.1. The molecule has 0 aromatic heterocycles. The van der Waals surface area contributed by atoms with Crippen molar-refractivity contribution in [2.45, 2.75) is 32.0 Å². The van der Waals surface area contributed by atoms with E-state index in [0.717, 1.165) is 29.0 Å². The highest BCUT2D eigenvalue weighted by Crippen LogP contribution is 2.25. The van der Waals surface area contributed by atoms with Crippen LogP contribution >= 0.6 is 15.9 Å². The van der Waals surface area contributed by atoms with Crippen molar-refractivity contribution in [2.24, 2.45) is 4.99 Å². The molecule has 1 unspecified atom stereocenters. The number of benzene rings is 1. The number of allylic oxidation sites excluding steroid dienone is 3. The molecule has 1 aromatic carbocycles. The van der Waals surface area contributed by atoms with Crippen LogP contribution < -0.4 is 0 Å². The number of hydrogen-bond acceptors (Lipinski definition) is 1. The van der Waals surface area contributed by atoms with Gasteiger partial charge >= 0.3 is 0 Å². The van der Waals surface area contributed by atoms with E-state index in [4.69, 9.17) is 0 Å². The largest absolute Gasteiger partial charge is 0.253 e. The van der Waals surface area contributed by atoms with Crippen LogP contribution in [0, 0.1) is 0 Å². The van der Waals surface area contributed by atoms with Crippen molar-refractivity contribution in [2.75, 3.05) is 0 Å². The van der Waals surface area contributed by atoms with Crippen LogP contribution in [0.15, 0.2) is 48.0 Å². The molecule has 2 heteroatoms. The van der Waals surface area contributed by atoms with Crippen molar-refractivity contribution in [3.05, 3.63) is 48.6 Å². The second-order valence-corrected chi connectivity index (χ2v) is 6.03. The normalized spacial score (nSPS) is 13.9.